The molecular formula is C14H18Cl2N2O3. The quantitative estimate of drug-likeness (QED) is 0.784. The number of amides is 2. The van der Waals surface area contributed by atoms with Crippen LogP contribution in [0.15, 0.2) is 12.1 Å². The second kappa shape index (κ2) is 6.54. The minimum absolute atomic E-state index is 0.322. The van der Waals surface area contributed by atoms with E-state index in [-0.39, 0.29) is 0 Å². The number of carboxylic acids is 1. The lowest BCUT2D eigenvalue weighted by atomic mass is 9.87. The summed E-state index contributed by atoms with van der Waals surface area (Å²) in [7, 11) is 0. The van der Waals surface area contributed by atoms with Crippen LogP contribution in [-0.2, 0) is 4.79 Å². The van der Waals surface area contributed by atoms with Crippen molar-refractivity contribution < 1.29 is 14.7 Å². The molecule has 0 saturated heterocycles. The van der Waals surface area contributed by atoms with Gasteiger partial charge in [0.15, 0.2) is 0 Å². The van der Waals surface area contributed by atoms with E-state index in [2.05, 4.69) is 10.6 Å². The fraction of sp³-hybridized carbons (Fsp3) is 0.429. The highest BCUT2D eigenvalue weighted by Gasteiger charge is 2.32. The van der Waals surface area contributed by atoms with Gasteiger partial charge in [-0.15, -0.1) is 0 Å². The topological polar surface area (TPSA) is 78.4 Å². The predicted molar refractivity (Wildman–Crippen MR) is 84.2 cm³/mol. The molecule has 0 fully saturated rings. The second-order valence-corrected chi connectivity index (χ2v) is 6.63. The van der Waals surface area contributed by atoms with Gasteiger partial charge in [0.2, 0.25) is 0 Å². The Labute approximate surface area is 133 Å². The Morgan fingerprint density at radius 3 is 2.24 bits per heavy atom. The van der Waals surface area contributed by atoms with Crippen molar-refractivity contribution in [3.63, 3.8) is 0 Å². The molecule has 0 aromatic heterocycles. The molecule has 0 saturated carbocycles. The monoisotopic (exact) mass is 332 g/mol. The summed E-state index contributed by atoms with van der Waals surface area (Å²) < 4.78 is 0. The highest BCUT2D eigenvalue weighted by atomic mass is 35.5. The standard InChI is InChI=1S/C14H18Cl2N2O3/c1-7-5-9(16)10(6-8(7)15)17-13(21)18-11(12(19)20)14(2,3)4/h5-6,11H,1-4H3,(H,19,20)(H2,17,18,21). The van der Waals surface area contributed by atoms with Crippen LogP contribution in [0.5, 0.6) is 0 Å². The number of aliphatic carboxylic acids is 1. The van der Waals surface area contributed by atoms with Crippen LogP contribution in [0.1, 0.15) is 26.3 Å². The summed E-state index contributed by atoms with van der Waals surface area (Å²) in [6.07, 6.45) is 0. The molecule has 1 atom stereocenters. The molecule has 0 heterocycles. The first-order valence-electron chi connectivity index (χ1n) is 6.28. The van der Waals surface area contributed by atoms with Gasteiger partial charge in [-0.1, -0.05) is 44.0 Å². The third-order valence-electron chi connectivity index (χ3n) is 2.88. The van der Waals surface area contributed by atoms with Gasteiger partial charge in [0.25, 0.3) is 0 Å². The molecule has 0 aliphatic rings. The number of aryl methyl sites for hydroxylation is 1. The first-order chi connectivity index (χ1) is 9.52. The first kappa shape index (κ1) is 17.6. The lowest BCUT2D eigenvalue weighted by molar-refractivity contribution is -0.141. The highest BCUT2D eigenvalue weighted by molar-refractivity contribution is 6.36. The number of carbonyl (C=O) groups excluding carboxylic acids is 1. The summed E-state index contributed by atoms with van der Waals surface area (Å²) in [4.78, 5) is 23.1. The third kappa shape index (κ3) is 4.79. The van der Waals surface area contributed by atoms with Gasteiger partial charge in [0.05, 0.1) is 10.7 Å². The third-order valence-corrected chi connectivity index (χ3v) is 3.60. The van der Waals surface area contributed by atoms with Gasteiger partial charge in [-0.2, -0.15) is 0 Å². The summed E-state index contributed by atoms with van der Waals surface area (Å²) in [6.45, 7) is 6.96. The number of hydrogen-bond acceptors (Lipinski definition) is 2. The van der Waals surface area contributed by atoms with Crippen LogP contribution >= 0.6 is 23.2 Å². The number of urea groups is 1. The second-order valence-electron chi connectivity index (χ2n) is 5.82. The maximum Gasteiger partial charge on any atom is 0.326 e. The highest BCUT2D eigenvalue weighted by Crippen LogP contribution is 2.29. The Balaban J connectivity index is 2.87. The van der Waals surface area contributed by atoms with Crippen molar-refractivity contribution in [2.75, 3.05) is 5.32 Å². The molecule has 3 N–H and O–H groups in total. The van der Waals surface area contributed by atoms with E-state index in [1.807, 2.05) is 0 Å². The molecule has 7 heteroatoms. The summed E-state index contributed by atoms with van der Waals surface area (Å²) in [5.74, 6) is -1.11. The van der Waals surface area contributed by atoms with Gasteiger partial charge < -0.3 is 15.7 Å². The molecule has 116 valence electrons. The average Bonchev–Trinajstić information content (AvgIpc) is 2.31. The van der Waals surface area contributed by atoms with Crippen LogP contribution in [0.25, 0.3) is 0 Å². The number of carbonyl (C=O) groups is 2. The van der Waals surface area contributed by atoms with Gasteiger partial charge in [0.1, 0.15) is 6.04 Å². The van der Waals surface area contributed by atoms with Crippen LogP contribution in [0, 0.1) is 12.3 Å². The molecule has 21 heavy (non-hydrogen) atoms. The van der Waals surface area contributed by atoms with E-state index in [1.54, 1.807) is 33.8 Å². The van der Waals surface area contributed by atoms with Gasteiger partial charge in [-0.05, 0) is 30.0 Å². The minimum Gasteiger partial charge on any atom is -0.480 e. The Kier molecular flexibility index (Phi) is 5.48. The van der Waals surface area contributed by atoms with E-state index in [9.17, 15) is 9.59 Å². The van der Waals surface area contributed by atoms with Crippen molar-refractivity contribution in [2.24, 2.45) is 5.41 Å². The largest absolute Gasteiger partial charge is 0.480 e. The summed E-state index contributed by atoms with van der Waals surface area (Å²) in [6, 6.07) is 1.46. The molecular weight excluding hydrogens is 315 g/mol. The van der Waals surface area contributed by atoms with Crippen LogP contribution in [-0.4, -0.2) is 23.1 Å². The van der Waals surface area contributed by atoms with Gasteiger partial charge >= 0.3 is 12.0 Å². The zero-order chi connectivity index (χ0) is 16.4. The van der Waals surface area contributed by atoms with Crippen LogP contribution < -0.4 is 10.6 Å². The molecule has 1 rings (SSSR count). The number of benzene rings is 1. The minimum atomic E-state index is -1.11. The van der Waals surface area contributed by atoms with Crippen LogP contribution in [0.2, 0.25) is 10.0 Å². The summed E-state index contributed by atoms with van der Waals surface area (Å²) in [5, 5.41) is 14.9. The maximum absolute atomic E-state index is 11.9. The molecule has 1 unspecified atom stereocenters. The Morgan fingerprint density at radius 1 is 1.19 bits per heavy atom. The zero-order valence-electron chi connectivity index (χ0n) is 12.3. The van der Waals surface area contributed by atoms with Crippen molar-refractivity contribution >= 4 is 40.9 Å². The van der Waals surface area contributed by atoms with E-state index in [0.29, 0.717) is 15.7 Å². The number of carboxylic acid groups (broad SMARTS) is 1. The van der Waals surface area contributed by atoms with E-state index in [1.165, 1.54) is 6.07 Å². The molecule has 0 aliphatic carbocycles. The average molecular weight is 333 g/mol. The maximum atomic E-state index is 11.9. The summed E-state index contributed by atoms with van der Waals surface area (Å²) in [5.41, 5.74) is 0.478. The lowest BCUT2D eigenvalue weighted by Crippen LogP contribution is -2.50. The molecule has 1 aromatic carbocycles. The fourth-order valence-electron chi connectivity index (χ4n) is 1.68. The van der Waals surface area contributed by atoms with Gasteiger partial charge in [-0.25, -0.2) is 9.59 Å². The molecule has 2 amide bonds. The Hall–Kier alpha value is -1.46. The number of nitrogens with one attached hydrogen (secondary N) is 2. The zero-order valence-corrected chi connectivity index (χ0v) is 13.8. The lowest BCUT2D eigenvalue weighted by Gasteiger charge is -2.27. The molecule has 1 aromatic rings. The van der Waals surface area contributed by atoms with Crippen LogP contribution in [0.4, 0.5) is 10.5 Å². The van der Waals surface area contributed by atoms with Crippen molar-refractivity contribution in [3.8, 4) is 0 Å². The van der Waals surface area contributed by atoms with Crippen LogP contribution in [0.3, 0.4) is 0 Å². The van der Waals surface area contributed by atoms with Crippen molar-refractivity contribution in [1.29, 1.82) is 0 Å². The number of hydrogen-bond donors (Lipinski definition) is 3. The van der Waals surface area contributed by atoms with E-state index < -0.39 is 23.5 Å². The molecule has 0 bridgehead atoms. The Bertz CT molecular complexity index is 568. The number of anilines is 1. The molecule has 0 radical (unpaired) electrons. The van der Waals surface area contributed by atoms with Crippen molar-refractivity contribution in [3.05, 3.63) is 27.7 Å². The number of rotatable bonds is 3. The van der Waals surface area contributed by atoms with Gasteiger partial charge in [-0.3, -0.25) is 0 Å². The molecule has 0 spiro atoms. The van der Waals surface area contributed by atoms with Gasteiger partial charge in [0, 0.05) is 5.02 Å². The van der Waals surface area contributed by atoms with Crippen molar-refractivity contribution in [1.82, 2.24) is 5.32 Å². The van der Waals surface area contributed by atoms with Crippen molar-refractivity contribution in [2.45, 2.75) is 33.7 Å². The summed E-state index contributed by atoms with van der Waals surface area (Å²) >= 11 is 12.0. The first-order valence-corrected chi connectivity index (χ1v) is 7.04. The predicted octanol–water partition coefficient (Wildman–Crippen LogP) is 3.92. The normalized spacial score (nSPS) is 12.7. The van der Waals surface area contributed by atoms with E-state index >= 15 is 0 Å². The Morgan fingerprint density at radius 2 is 1.76 bits per heavy atom. The smallest absolute Gasteiger partial charge is 0.326 e. The molecule has 0 aliphatic heterocycles. The van der Waals surface area contributed by atoms with E-state index in [0.717, 1.165) is 5.56 Å². The molecule has 5 nitrogen and oxygen atoms in total. The number of halogens is 2. The SMILES string of the molecule is Cc1cc(Cl)c(NC(=O)NC(C(=O)O)C(C)(C)C)cc1Cl. The fourth-order valence-corrected chi connectivity index (χ4v) is 2.11. The van der Waals surface area contributed by atoms with E-state index in [4.69, 9.17) is 28.3 Å².